The fourth-order valence-corrected chi connectivity index (χ4v) is 19.1. The van der Waals surface area contributed by atoms with Crippen LogP contribution in [-0.2, 0) is 0 Å². The second-order valence-electron chi connectivity index (χ2n) is 38.0. The van der Waals surface area contributed by atoms with Crippen LogP contribution in [0.25, 0.3) is 44.5 Å². The lowest BCUT2D eigenvalue weighted by molar-refractivity contribution is 0.807. The van der Waals surface area contributed by atoms with Crippen LogP contribution in [0.1, 0.15) is 304 Å². The maximum Gasteiger partial charge on any atom is 0.252 e. The Labute approximate surface area is 715 Å². The molecule has 0 atom stereocenters. The maximum atomic E-state index is 2.55. The molecule has 2 heterocycles. The molecule has 0 radical (unpaired) electrons. The first-order chi connectivity index (χ1) is 57.0. The van der Waals surface area contributed by atoms with Crippen LogP contribution in [0.4, 0.5) is 68.2 Å². The lowest BCUT2D eigenvalue weighted by atomic mass is 9.33. The quantitative estimate of drug-likeness (QED) is 0.0559. The fraction of sp³-hybridized carbons (Fsp3) is 0.316. The normalized spacial score (nSPS) is 12.7. The van der Waals surface area contributed by atoms with Gasteiger partial charge in [-0.3, -0.25) is 0 Å². The summed E-state index contributed by atoms with van der Waals surface area (Å²) in [6, 6.07) is 102. The summed E-state index contributed by atoms with van der Waals surface area (Å²) in [5, 5.41) is 0. The Kier molecular flexibility index (Phi) is 23.8. The first-order valence-corrected chi connectivity index (χ1v) is 44.8. The first kappa shape index (κ1) is 83.2. The smallest absolute Gasteiger partial charge is 0.252 e. The van der Waals surface area contributed by atoms with E-state index in [9.17, 15) is 0 Å². The molecule has 0 bridgehead atoms. The maximum absolute atomic E-state index is 2.55. The van der Waals surface area contributed by atoms with Gasteiger partial charge in [-0.2, -0.15) is 0 Å². The summed E-state index contributed by atoms with van der Waals surface area (Å²) < 4.78 is 0. The molecule has 4 nitrogen and oxygen atoms in total. The fourth-order valence-electron chi connectivity index (χ4n) is 19.1. The van der Waals surface area contributed by atoms with E-state index >= 15 is 0 Å². The Bertz CT molecular complexity index is 5110. The van der Waals surface area contributed by atoms with Gasteiger partial charge in [-0.25, -0.2) is 0 Å². The van der Waals surface area contributed by atoms with E-state index in [0.717, 1.165) is 68.2 Å². The monoisotopic (exact) mass is 1560 g/mol. The Hall–Kier alpha value is -10.9. The van der Waals surface area contributed by atoms with Crippen molar-refractivity contribution in [1.29, 1.82) is 0 Å². The van der Waals surface area contributed by atoms with Crippen molar-refractivity contribution in [3.8, 4) is 44.5 Å². The van der Waals surface area contributed by atoms with Gasteiger partial charge in [-0.15, -0.1) is 0 Å². The highest BCUT2D eigenvalue weighted by atomic mass is 15.2. The standard InChI is InChI=1S/C114H127BN4/c1-68(2)84-58-96(72(9)10)110(97(59-84)73(11)12)80-38-46-90(47-39-80)116(91-48-40-81(41-49-91)111-98(74(13)14)60-85(69(3)4)61-99(111)75(15)16)94-54-56-104-108(66-94)118(88-32-27-25-28-33-88)106-36-31-37-107-114(106)115(104)105-57-55-95(67-109(105)119(107)89-34-29-26-30-35-89)117(92-50-42-82(43-51-92)112-100(76(17)18)62-86(70(5)6)63-101(112)77(19)20)93-52-44-83(45-53-93)113-102(78(21)22)64-87(71(7)8)65-103(113)79(23)24/h25-79H,1-24H3. The molecule has 0 saturated heterocycles. The van der Waals surface area contributed by atoms with E-state index in [2.05, 4.69) is 447 Å². The summed E-state index contributed by atoms with van der Waals surface area (Å²) >= 11 is 0. The SMILES string of the molecule is CC(C)c1cc(C(C)C)c(-c2ccc(N(c3ccc(-c4c(C(C)C)cc(C(C)C)cc4C(C)C)cc3)c3ccc4c(c3)N(c3ccccc3)c3cccc5c3B4c3ccc(N(c4ccc(-c6c(C(C)C)cc(C(C)C)cc6C(C)C)cc4)c4ccc(-c6c(C(C)C)cc(C(C)C)cc6C(C)C)cc4)cc3N5c3ccccc3)cc2)c(C(C)C)c1. The average Bonchev–Trinajstić information content (AvgIpc) is 0.695. The van der Waals surface area contributed by atoms with Crippen LogP contribution in [0.2, 0.25) is 0 Å². The minimum Gasteiger partial charge on any atom is -0.311 e. The largest absolute Gasteiger partial charge is 0.311 e. The van der Waals surface area contributed by atoms with Crippen LogP contribution in [0.3, 0.4) is 0 Å². The molecule has 2 aliphatic rings. The summed E-state index contributed by atoms with van der Waals surface area (Å²) in [4.78, 5) is 10.1. The molecule has 13 aromatic rings. The molecule has 0 spiro atoms. The van der Waals surface area contributed by atoms with Crippen molar-refractivity contribution in [2.45, 2.75) is 237 Å². The Balaban J connectivity index is 0.939. The lowest BCUT2D eigenvalue weighted by Crippen LogP contribution is -2.61. The van der Waals surface area contributed by atoms with Gasteiger partial charge in [-0.1, -0.05) is 318 Å². The highest BCUT2D eigenvalue weighted by molar-refractivity contribution is 7.00. The van der Waals surface area contributed by atoms with Crippen molar-refractivity contribution < 1.29 is 0 Å². The van der Waals surface area contributed by atoms with Gasteiger partial charge in [0.25, 0.3) is 6.71 Å². The summed E-state index contributed by atoms with van der Waals surface area (Å²) in [5.74, 6) is 4.50. The molecule has 15 rings (SSSR count). The van der Waals surface area contributed by atoms with Crippen LogP contribution in [0.5, 0.6) is 0 Å². The second kappa shape index (κ2) is 34.1. The zero-order chi connectivity index (χ0) is 84.4. The molecule has 119 heavy (non-hydrogen) atoms. The van der Waals surface area contributed by atoms with Gasteiger partial charge in [-0.05, 0) is 308 Å². The molecule has 0 aromatic heterocycles. The van der Waals surface area contributed by atoms with Gasteiger partial charge in [0.05, 0.1) is 0 Å². The zero-order valence-corrected chi connectivity index (χ0v) is 75.6. The van der Waals surface area contributed by atoms with E-state index in [4.69, 9.17) is 0 Å². The van der Waals surface area contributed by atoms with Gasteiger partial charge >= 0.3 is 0 Å². The van der Waals surface area contributed by atoms with Crippen LogP contribution in [0.15, 0.2) is 261 Å². The van der Waals surface area contributed by atoms with Crippen LogP contribution in [-0.4, -0.2) is 6.71 Å². The van der Waals surface area contributed by atoms with Gasteiger partial charge in [0, 0.05) is 68.2 Å². The Morgan fingerprint density at radius 1 is 0.202 bits per heavy atom. The van der Waals surface area contributed by atoms with Gasteiger partial charge in [0.15, 0.2) is 0 Å². The molecule has 606 valence electrons. The van der Waals surface area contributed by atoms with Gasteiger partial charge in [0.1, 0.15) is 0 Å². The molecule has 0 unspecified atom stereocenters. The van der Waals surface area contributed by atoms with E-state index in [1.807, 2.05) is 0 Å². The molecular weight excluding hydrogens is 1440 g/mol. The third-order valence-corrected chi connectivity index (χ3v) is 25.7. The lowest BCUT2D eigenvalue weighted by Gasteiger charge is -2.44. The van der Waals surface area contributed by atoms with Crippen molar-refractivity contribution in [2.75, 3.05) is 19.6 Å². The minimum absolute atomic E-state index is 0.146. The molecule has 0 fully saturated rings. The summed E-state index contributed by atoms with van der Waals surface area (Å²) in [6.45, 7) is 56.2. The number of rotatable bonds is 24. The van der Waals surface area contributed by atoms with Crippen LogP contribution < -0.4 is 36.0 Å². The number of nitrogens with zero attached hydrogens (tertiary/aromatic N) is 4. The van der Waals surface area contributed by atoms with Crippen LogP contribution in [0, 0.1) is 0 Å². The van der Waals surface area contributed by atoms with E-state index in [1.165, 1.54) is 128 Å². The minimum atomic E-state index is -0.146. The van der Waals surface area contributed by atoms with Crippen molar-refractivity contribution in [1.82, 2.24) is 0 Å². The highest BCUT2D eigenvalue weighted by Gasteiger charge is 2.44. The number of hydrogen-bond donors (Lipinski definition) is 0. The molecule has 13 aromatic carbocycles. The number of para-hydroxylation sites is 2. The summed E-state index contributed by atoms with van der Waals surface area (Å²) in [6.07, 6.45) is 0. The molecule has 0 aliphatic carbocycles. The predicted octanol–water partition coefficient (Wildman–Crippen LogP) is 32.9. The van der Waals surface area contributed by atoms with Crippen molar-refractivity contribution in [2.24, 2.45) is 0 Å². The molecule has 0 amide bonds. The Morgan fingerprint density at radius 3 is 0.630 bits per heavy atom. The van der Waals surface area contributed by atoms with Crippen molar-refractivity contribution in [3.05, 3.63) is 328 Å². The number of hydrogen-bond acceptors (Lipinski definition) is 4. The molecular formula is C114H127BN4. The van der Waals surface area contributed by atoms with Gasteiger partial charge in [0.2, 0.25) is 0 Å². The summed E-state index contributed by atoms with van der Waals surface area (Å²) in [7, 11) is 0. The topological polar surface area (TPSA) is 13.0 Å². The second-order valence-corrected chi connectivity index (χ2v) is 38.0. The average molecular weight is 1560 g/mol. The van der Waals surface area contributed by atoms with Crippen molar-refractivity contribution in [3.63, 3.8) is 0 Å². The first-order valence-electron chi connectivity index (χ1n) is 44.8. The summed E-state index contributed by atoms with van der Waals surface area (Å²) in [5.41, 5.74) is 44.6. The van der Waals surface area contributed by atoms with Gasteiger partial charge < -0.3 is 19.6 Å². The zero-order valence-electron chi connectivity index (χ0n) is 75.6. The molecule has 0 N–H and O–H groups in total. The number of anilines is 12. The van der Waals surface area contributed by atoms with E-state index < -0.39 is 0 Å². The predicted molar refractivity (Wildman–Crippen MR) is 521 cm³/mol. The molecule has 2 aliphatic heterocycles. The van der Waals surface area contributed by atoms with E-state index in [0.29, 0.717) is 71.0 Å². The van der Waals surface area contributed by atoms with Crippen molar-refractivity contribution >= 4 is 91.3 Å². The third kappa shape index (κ3) is 15.9. The molecule has 5 heteroatoms. The molecule has 0 saturated carbocycles. The third-order valence-electron chi connectivity index (χ3n) is 25.7. The van der Waals surface area contributed by atoms with Crippen LogP contribution >= 0.6 is 0 Å². The van der Waals surface area contributed by atoms with E-state index in [1.54, 1.807) is 0 Å². The number of benzene rings is 13. The Morgan fingerprint density at radius 2 is 0.420 bits per heavy atom. The highest BCUT2D eigenvalue weighted by Crippen LogP contribution is 2.52. The van der Waals surface area contributed by atoms with E-state index in [-0.39, 0.29) is 6.71 Å². The number of fused-ring (bicyclic) bond motifs is 4.